The van der Waals surface area contributed by atoms with E-state index in [0.29, 0.717) is 11.8 Å². The van der Waals surface area contributed by atoms with E-state index in [9.17, 15) is 4.79 Å². The van der Waals surface area contributed by atoms with Gasteiger partial charge in [-0.3, -0.25) is 4.79 Å². The van der Waals surface area contributed by atoms with Gasteiger partial charge in [0.1, 0.15) is 5.78 Å². The maximum absolute atomic E-state index is 11.3. The van der Waals surface area contributed by atoms with E-state index < -0.39 is 0 Å². The van der Waals surface area contributed by atoms with Crippen molar-refractivity contribution in [3.8, 4) is 0 Å². The van der Waals surface area contributed by atoms with E-state index in [-0.39, 0.29) is 11.8 Å². The molecule has 0 aromatic heterocycles. The van der Waals surface area contributed by atoms with Crippen LogP contribution in [0.3, 0.4) is 0 Å². The third-order valence-corrected chi connectivity index (χ3v) is 2.28. The zero-order valence-electron chi connectivity index (χ0n) is 7.34. The van der Waals surface area contributed by atoms with Crippen LogP contribution in [-0.2, 0) is 4.79 Å². The Kier molecular flexibility index (Phi) is 2.66. The molecule has 1 atom stereocenters. The minimum absolute atomic E-state index is 0.226. The van der Waals surface area contributed by atoms with Crippen molar-refractivity contribution in [3.05, 3.63) is 0 Å². The summed E-state index contributed by atoms with van der Waals surface area (Å²) in [4.78, 5) is 11.3. The van der Waals surface area contributed by atoms with Crippen molar-refractivity contribution in [1.29, 1.82) is 0 Å². The topological polar surface area (TPSA) is 43.1 Å². The van der Waals surface area contributed by atoms with Crippen LogP contribution in [0.25, 0.3) is 0 Å². The summed E-state index contributed by atoms with van der Waals surface area (Å²) in [6.07, 6.45) is 3.19. The second-order valence-corrected chi connectivity index (χ2v) is 3.88. The molecule has 1 saturated carbocycles. The minimum Gasteiger partial charge on any atom is -0.321 e. The summed E-state index contributed by atoms with van der Waals surface area (Å²) >= 11 is 0. The molecule has 1 rings (SSSR count). The number of hydrogen-bond acceptors (Lipinski definition) is 2. The lowest BCUT2D eigenvalue weighted by Crippen LogP contribution is -2.35. The fraction of sp³-hybridized carbons (Fsp3) is 0.889. The van der Waals surface area contributed by atoms with Crippen molar-refractivity contribution in [2.45, 2.75) is 39.2 Å². The van der Waals surface area contributed by atoms with Gasteiger partial charge in [0.25, 0.3) is 0 Å². The Bertz CT molecular complexity index is 150. The Morgan fingerprint density at radius 3 is 2.45 bits per heavy atom. The predicted molar refractivity (Wildman–Crippen MR) is 45.2 cm³/mol. The highest BCUT2D eigenvalue weighted by atomic mass is 16.1. The average molecular weight is 155 g/mol. The zero-order chi connectivity index (χ0) is 8.43. The first-order chi connectivity index (χ1) is 5.11. The van der Waals surface area contributed by atoms with Crippen LogP contribution in [0.1, 0.15) is 33.1 Å². The molecule has 0 aromatic rings. The van der Waals surface area contributed by atoms with Crippen molar-refractivity contribution < 1.29 is 4.79 Å². The summed E-state index contributed by atoms with van der Waals surface area (Å²) in [5.74, 6) is 1.22. The second kappa shape index (κ2) is 3.35. The standard InChI is InChI=1S/C9H17NO/c1-6(2)9(10)8(11)5-7-3-4-7/h6-7,9H,3-5,10H2,1-2H3/t9-/m0/s1. The van der Waals surface area contributed by atoms with Crippen LogP contribution in [0, 0.1) is 11.8 Å². The van der Waals surface area contributed by atoms with Crippen molar-refractivity contribution in [2.75, 3.05) is 0 Å². The van der Waals surface area contributed by atoms with Crippen LogP contribution >= 0.6 is 0 Å². The van der Waals surface area contributed by atoms with Crippen LogP contribution < -0.4 is 5.73 Å². The molecule has 0 bridgehead atoms. The van der Waals surface area contributed by atoms with Gasteiger partial charge in [0.15, 0.2) is 0 Å². The van der Waals surface area contributed by atoms with Crippen LogP contribution in [0.2, 0.25) is 0 Å². The van der Waals surface area contributed by atoms with Gasteiger partial charge >= 0.3 is 0 Å². The van der Waals surface area contributed by atoms with Crippen LogP contribution in [0.4, 0.5) is 0 Å². The number of Topliss-reactive ketones (excluding diaryl/α,β-unsaturated/α-hetero) is 1. The van der Waals surface area contributed by atoms with Gasteiger partial charge in [-0.1, -0.05) is 13.8 Å². The zero-order valence-corrected chi connectivity index (χ0v) is 7.34. The van der Waals surface area contributed by atoms with Crippen molar-refractivity contribution in [2.24, 2.45) is 17.6 Å². The Hall–Kier alpha value is -0.370. The number of ketones is 1. The number of nitrogens with two attached hydrogens (primary N) is 1. The first-order valence-corrected chi connectivity index (χ1v) is 4.39. The third-order valence-electron chi connectivity index (χ3n) is 2.28. The van der Waals surface area contributed by atoms with Crippen molar-refractivity contribution in [1.82, 2.24) is 0 Å². The summed E-state index contributed by atoms with van der Waals surface area (Å²) < 4.78 is 0. The number of hydrogen-bond donors (Lipinski definition) is 1. The first-order valence-electron chi connectivity index (χ1n) is 4.39. The maximum atomic E-state index is 11.3. The monoisotopic (exact) mass is 155 g/mol. The lowest BCUT2D eigenvalue weighted by Gasteiger charge is -2.13. The summed E-state index contributed by atoms with van der Waals surface area (Å²) in [5.41, 5.74) is 5.69. The average Bonchev–Trinajstić information content (AvgIpc) is 2.69. The van der Waals surface area contributed by atoms with Gasteiger partial charge < -0.3 is 5.73 Å². The predicted octanol–water partition coefficient (Wildman–Crippen LogP) is 1.34. The second-order valence-electron chi connectivity index (χ2n) is 3.88. The molecule has 0 unspecified atom stereocenters. The summed E-state index contributed by atoms with van der Waals surface area (Å²) in [7, 11) is 0. The quantitative estimate of drug-likeness (QED) is 0.665. The lowest BCUT2D eigenvalue weighted by atomic mass is 9.98. The van der Waals surface area contributed by atoms with Gasteiger partial charge in [0.05, 0.1) is 6.04 Å². The van der Waals surface area contributed by atoms with E-state index in [1.54, 1.807) is 0 Å². The maximum Gasteiger partial charge on any atom is 0.150 e. The van der Waals surface area contributed by atoms with E-state index >= 15 is 0 Å². The molecule has 11 heavy (non-hydrogen) atoms. The van der Waals surface area contributed by atoms with Crippen LogP contribution in [0.5, 0.6) is 0 Å². The molecule has 0 amide bonds. The van der Waals surface area contributed by atoms with E-state index in [4.69, 9.17) is 5.73 Å². The molecular formula is C9H17NO. The Balaban J connectivity index is 2.26. The Labute approximate surface area is 68.2 Å². The van der Waals surface area contributed by atoms with Gasteiger partial charge in [0, 0.05) is 6.42 Å². The number of carbonyl (C=O) groups is 1. The summed E-state index contributed by atoms with van der Waals surface area (Å²) in [6.45, 7) is 3.99. The van der Waals surface area contributed by atoms with E-state index in [0.717, 1.165) is 6.42 Å². The fourth-order valence-corrected chi connectivity index (χ4v) is 1.11. The van der Waals surface area contributed by atoms with Gasteiger partial charge in [0.2, 0.25) is 0 Å². The highest BCUT2D eigenvalue weighted by Gasteiger charge is 2.27. The highest BCUT2D eigenvalue weighted by molar-refractivity contribution is 5.84. The Morgan fingerprint density at radius 1 is 1.55 bits per heavy atom. The largest absolute Gasteiger partial charge is 0.321 e. The third kappa shape index (κ3) is 2.62. The highest BCUT2D eigenvalue weighted by Crippen LogP contribution is 2.33. The molecule has 2 nitrogen and oxygen atoms in total. The molecule has 1 fully saturated rings. The van der Waals surface area contributed by atoms with Crippen LogP contribution in [0.15, 0.2) is 0 Å². The van der Waals surface area contributed by atoms with Gasteiger partial charge in [-0.25, -0.2) is 0 Å². The molecule has 0 radical (unpaired) electrons. The molecule has 2 heteroatoms. The van der Waals surface area contributed by atoms with Gasteiger partial charge in [-0.15, -0.1) is 0 Å². The van der Waals surface area contributed by atoms with Gasteiger partial charge in [-0.2, -0.15) is 0 Å². The summed E-state index contributed by atoms with van der Waals surface area (Å²) in [5, 5.41) is 0. The normalized spacial score (nSPS) is 20.4. The minimum atomic E-state index is -0.226. The van der Waals surface area contributed by atoms with E-state index in [1.165, 1.54) is 12.8 Å². The molecule has 0 aromatic carbocycles. The lowest BCUT2D eigenvalue weighted by molar-refractivity contribution is -0.121. The van der Waals surface area contributed by atoms with Crippen molar-refractivity contribution in [3.63, 3.8) is 0 Å². The SMILES string of the molecule is CC(C)[C@H](N)C(=O)CC1CC1. The molecule has 64 valence electrons. The molecular weight excluding hydrogens is 138 g/mol. The molecule has 0 spiro atoms. The smallest absolute Gasteiger partial charge is 0.150 e. The summed E-state index contributed by atoms with van der Waals surface area (Å²) in [6, 6.07) is -0.226. The van der Waals surface area contributed by atoms with Crippen LogP contribution in [-0.4, -0.2) is 11.8 Å². The van der Waals surface area contributed by atoms with E-state index in [2.05, 4.69) is 0 Å². The molecule has 0 heterocycles. The molecule has 1 aliphatic rings. The fourth-order valence-electron chi connectivity index (χ4n) is 1.11. The molecule has 2 N–H and O–H groups in total. The van der Waals surface area contributed by atoms with Gasteiger partial charge in [-0.05, 0) is 24.7 Å². The number of carbonyl (C=O) groups excluding carboxylic acids is 1. The van der Waals surface area contributed by atoms with E-state index in [1.807, 2.05) is 13.8 Å². The first kappa shape index (κ1) is 8.72. The molecule has 1 aliphatic carbocycles. The number of rotatable bonds is 4. The molecule has 0 saturated heterocycles. The van der Waals surface area contributed by atoms with Crippen molar-refractivity contribution >= 4 is 5.78 Å². The Morgan fingerprint density at radius 2 is 2.09 bits per heavy atom. The molecule has 0 aliphatic heterocycles.